The Morgan fingerprint density at radius 1 is 0.482 bits per heavy atom. The van der Waals surface area contributed by atoms with Crippen LogP contribution in [0, 0.1) is 0 Å². The van der Waals surface area contributed by atoms with E-state index in [0.717, 1.165) is 186 Å². The van der Waals surface area contributed by atoms with Gasteiger partial charge in [-0.3, -0.25) is 0 Å². The summed E-state index contributed by atoms with van der Waals surface area (Å²) in [6.45, 7) is 13.2. The number of hydrogen-bond acceptors (Lipinski definition) is 2. The van der Waals surface area contributed by atoms with E-state index >= 15 is 0 Å². The first-order valence-corrected chi connectivity index (χ1v) is 24.1. The standard InChI is InChI=1S/C50H75F3O2S/c1-7-13-20-28-40-36-42(30-22-15-9-3)47(43(37-40)31-23-16-10-4)56(46-34-26-19-27-35-46,55-49(54)50(51,52)53)48-44(32-24-17-11-5)38-41(29-21-14-8-2)39-45(48)33-25-18-12-6/h19,26-27,34-39H,7-18,20-25,28-33H2,1-6H3. The number of benzene rings is 3. The van der Waals surface area contributed by atoms with Gasteiger partial charge in [-0.25, -0.2) is 4.79 Å². The van der Waals surface area contributed by atoms with Crippen LogP contribution in [0.4, 0.5) is 13.2 Å². The maximum atomic E-state index is 14.9. The van der Waals surface area contributed by atoms with Gasteiger partial charge in [0.05, 0.1) is 0 Å². The van der Waals surface area contributed by atoms with Crippen molar-refractivity contribution in [1.29, 1.82) is 0 Å². The van der Waals surface area contributed by atoms with Gasteiger partial charge in [-0.2, -0.15) is 13.2 Å². The molecule has 0 fully saturated rings. The Labute approximate surface area is 341 Å². The molecule has 0 atom stereocenters. The lowest BCUT2D eigenvalue weighted by atomic mass is 9.95. The summed E-state index contributed by atoms with van der Waals surface area (Å²) in [4.78, 5) is 16.2. The molecule has 0 saturated heterocycles. The van der Waals surface area contributed by atoms with Gasteiger partial charge in [-0.05, 0) is 133 Å². The fourth-order valence-corrected chi connectivity index (χ4v) is 12.0. The van der Waals surface area contributed by atoms with Gasteiger partial charge < -0.3 is 4.18 Å². The van der Waals surface area contributed by atoms with Crippen LogP contribution < -0.4 is 0 Å². The zero-order valence-corrected chi connectivity index (χ0v) is 36.8. The summed E-state index contributed by atoms with van der Waals surface area (Å²) in [6, 6.07) is 18.8. The van der Waals surface area contributed by atoms with Gasteiger partial charge in [0.2, 0.25) is 0 Å². The number of unbranched alkanes of at least 4 members (excludes halogenated alkanes) is 12. The molecule has 0 aliphatic carbocycles. The van der Waals surface area contributed by atoms with Gasteiger partial charge in [-0.1, -0.05) is 161 Å². The Bertz CT molecular complexity index is 1420. The molecule has 0 unspecified atom stereocenters. The molecule has 0 saturated carbocycles. The fraction of sp³-hybridized carbons (Fsp3) is 0.620. The van der Waals surface area contributed by atoms with Crippen LogP contribution >= 0.6 is 10.3 Å². The zero-order valence-electron chi connectivity index (χ0n) is 36.0. The fourth-order valence-electron chi connectivity index (χ4n) is 8.09. The predicted octanol–water partition coefficient (Wildman–Crippen LogP) is 16.4. The molecule has 0 aromatic heterocycles. The molecule has 0 amide bonds. The van der Waals surface area contributed by atoms with E-state index in [2.05, 4.69) is 65.8 Å². The molecular weight excluding hydrogens is 722 g/mol. The van der Waals surface area contributed by atoms with E-state index in [1.165, 1.54) is 11.1 Å². The quantitative estimate of drug-likeness (QED) is 0.0684. The molecule has 314 valence electrons. The van der Waals surface area contributed by atoms with Crippen LogP contribution in [0.1, 0.15) is 190 Å². The average Bonchev–Trinajstić information content (AvgIpc) is 3.18. The number of alkyl halides is 3. The van der Waals surface area contributed by atoms with Crippen molar-refractivity contribution >= 4 is 16.3 Å². The summed E-state index contributed by atoms with van der Waals surface area (Å²) in [5, 5.41) is 0. The van der Waals surface area contributed by atoms with Crippen LogP contribution in [-0.4, -0.2) is 12.1 Å². The molecule has 2 nitrogen and oxygen atoms in total. The predicted molar refractivity (Wildman–Crippen MR) is 233 cm³/mol. The average molecular weight is 797 g/mol. The number of carbonyl (C=O) groups is 1. The van der Waals surface area contributed by atoms with Crippen molar-refractivity contribution in [2.24, 2.45) is 0 Å². The van der Waals surface area contributed by atoms with Gasteiger partial charge in [0, 0.05) is 14.7 Å². The second kappa shape index (κ2) is 25.6. The van der Waals surface area contributed by atoms with Crippen LogP contribution in [0.3, 0.4) is 0 Å². The number of aryl methyl sites for hydroxylation is 6. The van der Waals surface area contributed by atoms with Crippen molar-refractivity contribution in [2.75, 3.05) is 0 Å². The highest BCUT2D eigenvalue weighted by atomic mass is 32.3. The minimum absolute atomic E-state index is 0.678. The lowest BCUT2D eigenvalue weighted by Crippen LogP contribution is -2.29. The van der Waals surface area contributed by atoms with E-state index in [1.54, 1.807) is 0 Å². The van der Waals surface area contributed by atoms with E-state index in [4.69, 9.17) is 4.18 Å². The first-order valence-electron chi connectivity index (χ1n) is 22.6. The summed E-state index contributed by atoms with van der Waals surface area (Å²) in [5.74, 6) is -2.09. The largest absolute Gasteiger partial charge is 0.491 e. The summed E-state index contributed by atoms with van der Waals surface area (Å²) in [6.07, 6.45) is 18.3. The second-order valence-electron chi connectivity index (χ2n) is 16.0. The Hall–Kier alpha value is -2.73. The van der Waals surface area contributed by atoms with Crippen molar-refractivity contribution in [3.63, 3.8) is 0 Å². The highest BCUT2D eigenvalue weighted by Crippen LogP contribution is 2.73. The van der Waals surface area contributed by atoms with E-state index in [1.807, 2.05) is 30.3 Å². The van der Waals surface area contributed by atoms with Crippen molar-refractivity contribution in [2.45, 2.75) is 217 Å². The molecule has 3 rings (SSSR count). The number of carbonyl (C=O) groups excluding carboxylic acids is 1. The molecule has 3 aromatic rings. The number of rotatable bonds is 28. The van der Waals surface area contributed by atoms with Gasteiger partial charge in [0.15, 0.2) is 0 Å². The maximum absolute atomic E-state index is 14.9. The van der Waals surface area contributed by atoms with Gasteiger partial charge in [-0.15, -0.1) is 0 Å². The molecule has 0 heterocycles. The minimum Gasteiger partial charge on any atom is -0.395 e. The maximum Gasteiger partial charge on any atom is 0.491 e. The van der Waals surface area contributed by atoms with Crippen LogP contribution in [0.25, 0.3) is 0 Å². The number of halogens is 3. The lowest BCUT2D eigenvalue weighted by molar-refractivity contribution is -0.188. The topological polar surface area (TPSA) is 26.3 Å². The van der Waals surface area contributed by atoms with Crippen molar-refractivity contribution in [3.8, 4) is 0 Å². The Balaban J connectivity index is 2.69. The third kappa shape index (κ3) is 14.0. The molecule has 3 aromatic carbocycles. The minimum atomic E-state index is -5.15. The Kier molecular flexibility index (Phi) is 21.8. The monoisotopic (exact) mass is 797 g/mol. The van der Waals surface area contributed by atoms with Crippen molar-refractivity contribution in [1.82, 2.24) is 0 Å². The van der Waals surface area contributed by atoms with Gasteiger partial charge in [0.25, 0.3) is 0 Å². The first kappa shape index (κ1) is 47.6. The molecule has 0 spiro atoms. The summed E-state index contributed by atoms with van der Waals surface area (Å²) in [7, 11) is -3.24. The van der Waals surface area contributed by atoms with Gasteiger partial charge >= 0.3 is 12.1 Å². The normalized spacial score (nSPS) is 12.3. The molecule has 0 aliphatic rings. The van der Waals surface area contributed by atoms with Gasteiger partial charge in [0.1, 0.15) is 0 Å². The van der Waals surface area contributed by atoms with Crippen LogP contribution in [-0.2, 0) is 47.5 Å². The molecular formula is C50H75F3O2S. The third-order valence-corrected chi connectivity index (χ3v) is 14.6. The molecule has 56 heavy (non-hydrogen) atoms. The lowest BCUT2D eigenvalue weighted by Gasteiger charge is -2.45. The van der Waals surface area contributed by atoms with E-state index in [-0.39, 0.29) is 0 Å². The van der Waals surface area contributed by atoms with E-state index in [0.29, 0.717) is 4.90 Å². The molecule has 6 heteroatoms. The number of hydrogen-bond donors (Lipinski definition) is 0. The van der Waals surface area contributed by atoms with Crippen LogP contribution in [0.5, 0.6) is 0 Å². The molecule has 0 radical (unpaired) electrons. The Morgan fingerprint density at radius 3 is 1.07 bits per heavy atom. The third-order valence-electron chi connectivity index (χ3n) is 11.0. The summed E-state index contributed by atoms with van der Waals surface area (Å²) >= 11 is 0. The molecule has 0 N–H and O–H groups in total. The molecule has 0 bridgehead atoms. The van der Waals surface area contributed by atoms with Crippen molar-refractivity contribution in [3.05, 3.63) is 88.0 Å². The summed E-state index contributed by atoms with van der Waals surface area (Å²) in [5.41, 5.74) is 6.78. The smallest absolute Gasteiger partial charge is 0.395 e. The summed E-state index contributed by atoms with van der Waals surface area (Å²) < 4.78 is 51.4. The highest BCUT2D eigenvalue weighted by Gasteiger charge is 2.49. The van der Waals surface area contributed by atoms with E-state index < -0.39 is 22.5 Å². The Morgan fingerprint density at radius 2 is 0.786 bits per heavy atom. The van der Waals surface area contributed by atoms with Crippen molar-refractivity contribution < 1.29 is 22.1 Å². The highest BCUT2D eigenvalue weighted by molar-refractivity contribution is 8.30. The SMILES string of the molecule is CCCCCc1cc(CCCCC)c(S(OC(=O)C(F)(F)F)(c2ccccc2)c2c(CCCCC)cc(CCCCC)cc2CCCCC)c(CCCCC)c1. The first-order chi connectivity index (χ1) is 27.1. The van der Waals surface area contributed by atoms with Crippen LogP contribution in [0.2, 0.25) is 0 Å². The molecule has 0 aliphatic heterocycles. The second-order valence-corrected chi connectivity index (χ2v) is 18.5. The zero-order chi connectivity index (χ0) is 40.8. The van der Waals surface area contributed by atoms with E-state index in [9.17, 15) is 18.0 Å². The van der Waals surface area contributed by atoms with Crippen LogP contribution in [0.15, 0.2) is 69.3 Å².